The quantitative estimate of drug-likeness (QED) is 0.772. The number of carbonyl (C=O) groups excluding carboxylic acids is 1. The Labute approximate surface area is 87.4 Å². The van der Waals surface area contributed by atoms with Gasteiger partial charge in [-0.25, -0.2) is 0 Å². The molecule has 0 fully saturated rings. The third-order valence-electron chi connectivity index (χ3n) is 1.89. The van der Waals surface area contributed by atoms with Gasteiger partial charge in [0.2, 0.25) is 5.91 Å². The van der Waals surface area contributed by atoms with Gasteiger partial charge in [-0.2, -0.15) is 13.2 Å². The monoisotopic (exact) mass is 226 g/mol. The topological polar surface area (TPSA) is 46.3 Å². The molecule has 0 aromatic rings. The molecule has 3 nitrogen and oxygen atoms in total. The molecule has 0 radical (unpaired) electrons. The summed E-state index contributed by atoms with van der Waals surface area (Å²) in [5, 5.41) is 0. The lowest BCUT2D eigenvalue weighted by molar-refractivity contribution is -0.158. The van der Waals surface area contributed by atoms with E-state index in [9.17, 15) is 18.0 Å². The van der Waals surface area contributed by atoms with Crippen molar-refractivity contribution in [2.75, 3.05) is 13.6 Å². The fraction of sp³-hybridized carbons (Fsp3) is 0.889. The number of rotatable bonds is 5. The molecule has 0 heterocycles. The Morgan fingerprint density at radius 1 is 1.47 bits per heavy atom. The van der Waals surface area contributed by atoms with Crippen molar-refractivity contribution in [1.29, 1.82) is 0 Å². The maximum absolute atomic E-state index is 11.9. The van der Waals surface area contributed by atoms with E-state index in [0.29, 0.717) is 17.7 Å². The highest BCUT2D eigenvalue weighted by Crippen LogP contribution is 2.16. The third kappa shape index (κ3) is 8.23. The molecule has 0 saturated carbocycles. The number of nitrogens with zero attached hydrogens (tertiary/aromatic N) is 1. The van der Waals surface area contributed by atoms with Crippen LogP contribution in [-0.2, 0) is 4.79 Å². The Kier molecular flexibility index (Phi) is 5.64. The van der Waals surface area contributed by atoms with Crippen LogP contribution >= 0.6 is 0 Å². The van der Waals surface area contributed by atoms with Gasteiger partial charge < -0.3 is 10.6 Å². The Balaban J connectivity index is 3.80. The molecule has 1 atom stereocenters. The molecular formula is C9H17F3N2O. The molecule has 0 aromatic heterocycles. The fourth-order valence-electron chi connectivity index (χ4n) is 1.12. The van der Waals surface area contributed by atoms with Crippen molar-refractivity contribution in [3.63, 3.8) is 0 Å². The largest absolute Gasteiger partial charge is 0.406 e. The molecule has 1 amide bonds. The van der Waals surface area contributed by atoms with Crippen LogP contribution in [0.1, 0.15) is 26.2 Å². The smallest absolute Gasteiger partial charge is 0.337 e. The van der Waals surface area contributed by atoms with Crippen molar-refractivity contribution in [2.45, 2.75) is 38.4 Å². The van der Waals surface area contributed by atoms with E-state index in [1.54, 1.807) is 6.92 Å². The average molecular weight is 226 g/mol. The molecular weight excluding hydrogens is 209 g/mol. The molecule has 0 bridgehead atoms. The van der Waals surface area contributed by atoms with Gasteiger partial charge in [-0.1, -0.05) is 0 Å². The van der Waals surface area contributed by atoms with Crippen LogP contribution in [0, 0.1) is 0 Å². The van der Waals surface area contributed by atoms with E-state index >= 15 is 0 Å². The van der Waals surface area contributed by atoms with Gasteiger partial charge in [0.1, 0.15) is 6.54 Å². The maximum atomic E-state index is 11.9. The lowest BCUT2D eigenvalue weighted by atomic mass is 10.1. The summed E-state index contributed by atoms with van der Waals surface area (Å²) >= 11 is 0. The van der Waals surface area contributed by atoms with E-state index in [1.807, 2.05) is 0 Å². The first-order valence-corrected chi connectivity index (χ1v) is 4.78. The fourth-order valence-corrected chi connectivity index (χ4v) is 1.12. The van der Waals surface area contributed by atoms with Gasteiger partial charge in [0.05, 0.1) is 0 Å². The second-order valence-corrected chi connectivity index (χ2v) is 3.73. The zero-order valence-electron chi connectivity index (χ0n) is 8.97. The molecule has 2 N–H and O–H groups in total. The van der Waals surface area contributed by atoms with Gasteiger partial charge in [0, 0.05) is 19.5 Å². The SMILES string of the molecule is CC(N)CCCC(=O)N(C)CC(F)(F)F. The zero-order valence-corrected chi connectivity index (χ0v) is 8.97. The van der Waals surface area contributed by atoms with Gasteiger partial charge in [-0.15, -0.1) is 0 Å². The minimum absolute atomic E-state index is 0.0225. The summed E-state index contributed by atoms with van der Waals surface area (Å²) in [5.41, 5.74) is 5.45. The highest BCUT2D eigenvalue weighted by atomic mass is 19.4. The van der Waals surface area contributed by atoms with Crippen molar-refractivity contribution < 1.29 is 18.0 Å². The number of amides is 1. The van der Waals surface area contributed by atoms with Crippen molar-refractivity contribution in [3.8, 4) is 0 Å². The van der Waals surface area contributed by atoms with Gasteiger partial charge in [0.25, 0.3) is 0 Å². The van der Waals surface area contributed by atoms with Gasteiger partial charge in [-0.3, -0.25) is 4.79 Å². The van der Waals surface area contributed by atoms with Crippen molar-refractivity contribution >= 4 is 5.91 Å². The summed E-state index contributed by atoms with van der Waals surface area (Å²) < 4.78 is 35.7. The lowest BCUT2D eigenvalue weighted by Crippen LogP contribution is -2.35. The highest BCUT2D eigenvalue weighted by molar-refractivity contribution is 5.75. The predicted octanol–water partition coefficient (Wildman–Crippen LogP) is 1.52. The molecule has 1 unspecified atom stereocenters. The van der Waals surface area contributed by atoms with E-state index in [0.717, 1.165) is 7.05 Å². The van der Waals surface area contributed by atoms with Crippen molar-refractivity contribution in [3.05, 3.63) is 0 Å². The summed E-state index contributed by atoms with van der Waals surface area (Å²) in [7, 11) is 1.15. The number of hydrogen-bond acceptors (Lipinski definition) is 2. The minimum Gasteiger partial charge on any atom is -0.337 e. The minimum atomic E-state index is -4.33. The van der Waals surface area contributed by atoms with Gasteiger partial charge in [-0.05, 0) is 19.8 Å². The number of halogens is 3. The molecule has 0 saturated heterocycles. The second-order valence-electron chi connectivity index (χ2n) is 3.73. The summed E-state index contributed by atoms with van der Waals surface area (Å²) in [6, 6.07) is -0.0225. The van der Waals surface area contributed by atoms with Gasteiger partial charge >= 0.3 is 6.18 Å². The third-order valence-corrected chi connectivity index (χ3v) is 1.89. The van der Waals surface area contributed by atoms with Crippen LogP contribution in [0.25, 0.3) is 0 Å². The van der Waals surface area contributed by atoms with E-state index in [1.165, 1.54) is 0 Å². The molecule has 0 aliphatic rings. The first-order valence-electron chi connectivity index (χ1n) is 4.78. The summed E-state index contributed by atoms with van der Waals surface area (Å²) in [5.74, 6) is -0.493. The standard InChI is InChI=1S/C9H17F3N2O/c1-7(13)4-3-5-8(15)14(2)6-9(10,11)12/h7H,3-6,13H2,1-2H3. The molecule has 0 aromatic carbocycles. The maximum Gasteiger partial charge on any atom is 0.406 e. The summed E-state index contributed by atoms with van der Waals surface area (Å²) in [4.78, 5) is 11.9. The predicted molar refractivity (Wildman–Crippen MR) is 51.2 cm³/mol. The van der Waals surface area contributed by atoms with Crippen LogP contribution in [0.15, 0.2) is 0 Å². The van der Waals surface area contributed by atoms with E-state index in [4.69, 9.17) is 5.73 Å². The Morgan fingerprint density at radius 2 is 2.00 bits per heavy atom. The van der Waals surface area contributed by atoms with Crippen LogP contribution in [0.3, 0.4) is 0 Å². The van der Waals surface area contributed by atoms with E-state index in [-0.39, 0.29) is 12.5 Å². The number of carbonyl (C=O) groups is 1. The molecule has 90 valence electrons. The normalized spacial score (nSPS) is 13.7. The first-order chi connectivity index (χ1) is 6.72. The number of alkyl halides is 3. The van der Waals surface area contributed by atoms with Crippen molar-refractivity contribution in [1.82, 2.24) is 4.90 Å². The lowest BCUT2D eigenvalue weighted by Gasteiger charge is -2.19. The zero-order chi connectivity index (χ0) is 12.1. The average Bonchev–Trinajstić information content (AvgIpc) is 1.99. The molecule has 15 heavy (non-hydrogen) atoms. The Morgan fingerprint density at radius 3 is 2.40 bits per heavy atom. The molecule has 0 aliphatic heterocycles. The number of nitrogens with two attached hydrogens (primary N) is 1. The first kappa shape index (κ1) is 14.2. The Hall–Kier alpha value is -0.780. The Bertz CT molecular complexity index is 204. The molecule has 0 aliphatic carbocycles. The second kappa shape index (κ2) is 5.95. The number of hydrogen-bond donors (Lipinski definition) is 1. The van der Waals surface area contributed by atoms with Crippen LogP contribution in [0.5, 0.6) is 0 Å². The van der Waals surface area contributed by atoms with Crippen LogP contribution in [0.4, 0.5) is 13.2 Å². The van der Waals surface area contributed by atoms with Crippen LogP contribution in [0.2, 0.25) is 0 Å². The van der Waals surface area contributed by atoms with Crippen molar-refractivity contribution in [2.24, 2.45) is 5.73 Å². The van der Waals surface area contributed by atoms with Crippen LogP contribution < -0.4 is 5.73 Å². The molecule has 6 heteroatoms. The van der Waals surface area contributed by atoms with E-state index in [2.05, 4.69) is 0 Å². The summed E-state index contributed by atoms with van der Waals surface area (Å²) in [6.07, 6.45) is -3.04. The summed E-state index contributed by atoms with van der Waals surface area (Å²) in [6.45, 7) is 0.605. The highest BCUT2D eigenvalue weighted by Gasteiger charge is 2.30. The van der Waals surface area contributed by atoms with E-state index < -0.39 is 18.6 Å². The van der Waals surface area contributed by atoms with Gasteiger partial charge in [0.15, 0.2) is 0 Å². The van der Waals surface area contributed by atoms with Crippen LogP contribution in [-0.4, -0.2) is 36.6 Å². The molecule has 0 rings (SSSR count). The molecule has 0 spiro atoms.